The molecular formula is C19H19Br2FN2O4. The Kier molecular flexibility index (Phi) is 7.82. The van der Waals surface area contributed by atoms with Gasteiger partial charge in [-0.1, -0.05) is 0 Å². The smallest absolute Gasteiger partial charge is 0.322 e. The van der Waals surface area contributed by atoms with Crippen LogP contribution >= 0.6 is 31.9 Å². The fourth-order valence-corrected chi connectivity index (χ4v) is 3.92. The summed E-state index contributed by atoms with van der Waals surface area (Å²) in [7, 11) is 0. The monoisotopic (exact) mass is 516 g/mol. The van der Waals surface area contributed by atoms with Gasteiger partial charge in [0, 0.05) is 17.7 Å². The number of aryl methyl sites for hydroxylation is 1. The third-order valence-electron chi connectivity index (χ3n) is 3.69. The normalized spacial score (nSPS) is 10.5. The number of anilines is 1. The summed E-state index contributed by atoms with van der Waals surface area (Å²) < 4.78 is 21.3. The van der Waals surface area contributed by atoms with Gasteiger partial charge in [-0.2, -0.15) is 0 Å². The molecule has 0 atom stereocenters. The molecule has 0 saturated carbocycles. The number of rotatable bonds is 8. The lowest BCUT2D eigenvalue weighted by atomic mass is 10.1. The van der Waals surface area contributed by atoms with Crippen LogP contribution in [0.3, 0.4) is 0 Å². The van der Waals surface area contributed by atoms with E-state index in [4.69, 9.17) is 9.84 Å². The first-order valence-corrected chi connectivity index (χ1v) is 9.96. The molecule has 6 nitrogen and oxygen atoms in total. The molecule has 0 bridgehead atoms. The van der Waals surface area contributed by atoms with Crippen LogP contribution in [0.5, 0.6) is 5.75 Å². The Morgan fingerprint density at radius 2 is 1.82 bits per heavy atom. The quantitative estimate of drug-likeness (QED) is 0.480. The summed E-state index contributed by atoms with van der Waals surface area (Å²) in [5.41, 5.74) is 1.98. The summed E-state index contributed by atoms with van der Waals surface area (Å²) in [5.74, 6) is -1.64. The maximum Gasteiger partial charge on any atom is 0.322 e. The SMILES string of the molecule is CCNc1cc(C)cc(COc2c(Br)cc(C(=O)NCC(=O)O)cc2Br)c1F. The van der Waals surface area contributed by atoms with Gasteiger partial charge in [-0.05, 0) is 75.5 Å². The minimum atomic E-state index is -1.14. The lowest BCUT2D eigenvalue weighted by Gasteiger charge is -2.15. The molecule has 0 aliphatic heterocycles. The Balaban J connectivity index is 2.19. The van der Waals surface area contributed by atoms with Gasteiger partial charge in [-0.3, -0.25) is 9.59 Å². The molecule has 9 heteroatoms. The van der Waals surface area contributed by atoms with Crippen molar-refractivity contribution in [3.05, 3.63) is 55.7 Å². The van der Waals surface area contributed by atoms with Gasteiger partial charge in [0.25, 0.3) is 5.91 Å². The molecule has 2 aromatic rings. The molecule has 0 aromatic heterocycles. The highest BCUT2D eigenvalue weighted by molar-refractivity contribution is 9.11. The van der Waals surface area contributed by atoms with Crippen molar-refractivity contribution in [2.24, 2.45) is 0 Å². The molecule has 2 aromatic carbocycles. The molecule has 0 aliphatic rings. The topological polar surface area (TPSA) is 87.7 Å². The van der Waals surface area contributed by atoms with Crippen molar-refractivity contribution in [3.63, 3.8) is 0 Å². The van der Waals surface area contributed by atoms with Crippen molar-refractivity contribution >= 4 is 49.4 Å². The third-order valence-corrected chi connectivity index (χ3v) is 4.87. The Morgan fingerprint density at radius 1 is 1.18 bits per heavy atom. The number of nitrogens with one attached hydrogen (secondary N) is 2. The average molecular weight is 518 g/mol. The first-order valence-electron chi connectivity index (χ1n) is 8.37. The maximum atomic E-state index is 14.6. The second-order valence-corrected chi connectivity index (χ2v) is 7.66. The summed E-state index contributed by atoms with van der Waals surface area (Å²) in [5, 5.41) is 13.9. The lowest BCUT2D eigenvalue weighted by Crippen LogP contribution is -2.29. The Hall–Kier alpha value is -2.13. The molecule has 150 valence electrons. The van der Waals surface area contributed by atoms with Crippen molar-refractivity contribution in [2.75, 3.05) is 18.4 Å². The number of carboxylic acid groups (broad SMARTS) is 1. The van der Waals surface area contributed by atoms with Gasteiger partial charge in [-0.15, -0.1) is 0 Å². The van der Waals surface area contributed by atoms with Crippen LogP contribution < -0.4 is 15.4 Å². The van der Waals surface area contributed by atoms with E-state index < -0.39 is 18.4 Å². The predicted octanol–water partition coefficient (Wildman–Crippen LogP) is 4.48. The molecule has 0 radical (unpaired) electrons. The molecule has 1 amide bonds. The number of hydrogen-bond acceptors (Lipinski definition) is 4. The van der Waals surface area contributed by atoms with E-state index >= 15 is 0 Å². The number of halogens is 3. The van der Waals surface area contributed by atoms with Gasteiger partial charge in [0.2, 0.25) is 0 Å². The van der Waals surface area contributed by atoms with Gasteiger partial charge in [-0.25, -0.2) is 4.39 Å². The Bertz CT molecular complexity index is 883. The van der Waals surface area contributed by atoms with Crippen LogP contribution in [0.15, 0.2) is 33.2 Å². The number of amides is 1. The Morgan fingerprint density at radius 3 is 2.39 bits per heavy atom. The van der Waals surface area contributed by atoms with E-state index in [1.54, 1.807) is 12.1 Å². The van der Waals surface area contributed by atoms with Crippen LogP contribution in [-0.2, 0) is 11.4 Å². The minimum Gasteiger partial charge on any atom is -0.486 e. The number of benzene rings is 2. The number of aliphatic carboxylic acids is 1. The molecule has 0 fully saturated rings. The summed E-state index contributed by atoms with van der Waals surface area (Å²) in [6, 6.07) is 6.46. The predicted molar refractivity (Wildman–Crippen MR) is 111 cm³/mol. The molecule has 0 saturated heterocycles. The first kappa shape index (κ1) is 22.2. The number of ether oxygens (including phenoxy) is 1. The van der Waals surface area contributed by atoms with Gasteiger partial charge in [0.05, 0.1) is 14.6 Å². The summed E-state index contributed by atoms with van der Waals surface area (Å²) in [4.78, 5) is 22.6. The fourth-order valence-electron chi connectivity index (χ4n) is 2.50. The van der Waals surface area contributed by atoms with Crippen LogP contribution in [0, 0.1) is 12.7 Å². The number of carboxylic acids is 1. The number of carbonyl (C=O) groups excluding carboxylic acids is 1. The van der Waals surface area contributed by atoms with Crippen molar-refractivity contribution in [1.29, 1.82) is 0 Å². The van der Waals surface area contributed by atoms with E-state index in [2.05, 4.69) is 42.5 Å². The fraction of sp³-hybridized carbons (Fsp3) is 0.263. The molecular weight excluding hydrogens is 499 g/mol. The van der Waals surface area contributed by atoms with E-state index in [-0.39, 0.29) is 18.0 Å². The molecule has 28 heavy (non-hydrogen) atoms. The van der Waals surface area contributed by atoms with Crippen LogP contribution in [0.2, 0.25) is 0 Å². The van der Waals surface area contributed by atoms with Crippen LogP contribution in [0.25, 0.3) is 0 Å². The van der Waals surface area contributed by atoms with Gasteiger partial charge < -0.3 is 20.5 Å². The first-order chi connectivity index (χ1) is 13.2. The lowest BCUT2D eigenvalue weighted by molar-refractivity contribution is -0.135. The van der Waals surface area contributed by atoms with Crippen molar-refractivity contribution < 1.29 is 23.8 Å². The molecule has 2 rings (SSSR count). The second kappa shape index (κ2) is 9.88. The summed E-state index contributed by atoms with van der Waals surface area (Å²) in [6.45, 7) is 3.88. The van der Waals surface area contributed by atoms with E-state index in [9.17, 15) is 14.0 Å². The molecule has 0 aliphatic carbocycles. The molecule has 3 N–H and O–H groups in total. The van der Waals surface area contributed by atoms with E-state index in [0.717, 1.165) is 5.56 Å². The van der Waals surface area contributed by atoms with E-state index in [0.29, 0.717) is 32.5 Å². The number of carbonyl (C=O) groups is 2. The highest BCUT2D eigenvalue weighted by atomic mass is 79.9. The van der Waals surface area contributed by atoms with Crippen molar-refractivity contribution in [1.82, 2.24) is 5.32 Å². The van der Waals surface area contributed by atoms with Crippen molar-refractivity contribution in [3.8, 4) is 5.75 Å². The van der Waals surface area contributed by atoms with Crippen LogP contribution in [0.1, 0.15) is 28.4 Å². The van der Waals surface area contributed by atoms with Crippen molar-refractivity contribution in [2.45, 2.75) is 20.5 Å². The van der Waals surface area contributed by atoms with E-state index in [1.807, 2.05) is 13.8 Å². The third kappa shape index (κ3) is 5.68. The standard InChI is InChI=1S/C19H19Br2FN2O4/c1-3-23-15-5-10(2)4-12(17(15)22)9-28-18-13(20)6-11(7-14(18)21)19(27)24-8-16(25)26/h4-7,23H,3,8-9H2,1-2H3,(H,24,27)(H,25,26). The maximum absolute atomic E-state index is 14.6. The summed E-state index contributed by atoms with van der Waals surface area (Å²) >= 11 is 6.67. The molecule has 0 heterocycles. The van der Waals surface area contributed by atoms with Crippen LogP contribution in [-0.4, -0.2) is 30.1 Å². The second-order valence-electron chi connectivity index (χ2n) is 5.95. The largest absolute Gasteiger partial charge is 0.486 e. The highest BCUT2D eigenvalue weighted by Gasteiger charge is 2.16. The van der Waals surface area contributed by atoms with Gasteiger partial charge in [0.1, 0.15) is 18.9 Å². The number of hydrogen-bond donors (Lipinski definition) is 3. The van der Waals surface area contributed by atoms with E-state index in [1.165, 1.54) is 12.1 Å². The zero-order valence-electron chi connectivity index (χ0n) is 15.2. The van der Waals surface area contributed by atoms with Gasteiger partial charge in [0.15, 0.2) is 5.82 Å². The van der Waals surface area contributed by atoms with Crippen LogP contribution in [0.4, 0.5) is 10.1 Å². The zero-order valence-corrected chi connectivity index (χ0v) is 18.4. The molecule has 0 spiro atoms. The highest BCUT2D eigenvalue weighted by Crippen LogP contribution is 2.36. The minimum absolute atomic E-state index is 0.00628. The van der Waals surface area contributed by atoms with Gasteiger partial charge >= 0.3 is 5.97 Å². The summed E-state index contributed by atoms with van der Waals surface area (Å²) in [6.07, 6.45) is 0. The zero-order chi connectivity index (χ0) is 20.8. The average Bonchev–Trinajstić information content (AvgIpc) is 2.62. The molecule has 0 unspecified atom stereocenters. The Labute approximate surface area is 178 Å².